The van der Waals surface area contributed by atoms with Gasteiger partial charge in [-0.25, -0.2) is 4.98 Å². The van der Waals surface area contributed by atoms with Gasteiger partial charge in [-0.05, 0) is 36.1 Å². The molecule has 27 heavy (non-hydrogen) atoms. The largest absolute Gasteiger partial charge is 0.323 e. The highest BCUT2D eigenvalue weighted by Gasteiger charge is 2.08. The summed E-state index contributed by atoms with van der Waals surface area (Å²) >= 11 is 0. The predicted molar refractivity (Wildman–Crippen MR) is 110 cm³/mol. The monoisotopic (exact) mass is 380 g/mol. The number of benzene rings is 2. The van der Waals surface area contributed by atoms with Crippen molar-refractivity contribution in [1.29, 1.82) is 0 Å². The number of anilines is 2. The number of aryl methyl sites for hydroxylation is 2. The average molecular weight is 381 g/mol. The fraction of sp³-hybridized carbons (Fsp3) is 0.286. The summed E-state index contributed by atoms with van der Waals surface area (Å²) in [6.07, 6.45) is 1.65. The second-order valence-corrected chi connectivity index (χ2v) is 7.73. The van der Waals surface area contributed by atoms with E-state index in [9.17, 15) is 4.21 Å². The topological polar surface area (TPSA) is 67.8 Å². The lowest BCUT2D eigenvalue weighted by molar-refractivity contribution is 0.682. The number of nitrogens with one attached hydrogen (secondary N) is 1. The van der Waals surface area contributed by atoms with Gasteiger partial charge in [-0.2, -0.15) is 0 Å². The molecule has 1 heterocycles. The molecule has 0 aliphatic carbocycles. The van der Waals surface area contributed by atoms with Crippen LogP contribution in [0.25, 0.3) is 0 Å². The number of nitrogens with zero attached hydrogens (tertiary/aromatic N) is 3. The molecule has 0 amide bonds. The van der Waals surface area contributed by atoms with Crippen molar-refractivity contribution in [2.45, 2.75) is 38.2 Å². The maximum atomic E-state index is 12.5. The minimum atomic E-state index is -0.958. The van der Waals surface area contributed by atoms with Crippen LogP contribution in [0.15, 0.2) is 54.6 Å². The van der Waals surface area contributed by atoms with Gasteiger partial charge in [-0.1, -0.05) is 56.3 Å². The van der Waals surface area contributed by atoms with Gasteiger partial charge in [0.15, 0.2) is 0 Å². The van der Waals surface area contributed by atoms with Crippen molar-refractivity contribution in [3.8, 4) is 0 Å². The van der Waals surface area contributed by atoms with Crippen LogP contribution in [-0.2, 0) is 35.1 Å². The van der Waals surface area contributed by atoms with E-state index in [1.807, 2.05) is 54.6 Å². The Kier molecular flexibility index (Phi) is 6.65. The van der Waals surface area contributed by atoms with E-state index in [1.165, 1.54) is 0 Å². The Bertz CT molecular complexity index is 915. The lowest BCUT2D eigenvalue weighted by Crippen LogP contribution is -2.07. The highest BCUT2D eigenvalue weighted by atomic mass is 32.2. The molecule has 3 rings (SSSR count). The molecule has 0 saturated carbocycles. The molecule has 2 aromatic carbocycles. The summed E-state index contributed by atoms with van der Waals surface area (Å²) < 4.78 is 12.5. The number of hydrogen-bond donors (Lipinski definition) is 1. The molecule has 1 atom stereocenters. The molecule has 0 radical (unpaired) electrons. The summed E-state index contributed by atoms with van der Waals surface area (Å²) in [5, 5.41) is 11.6. The first-order chi connectivity index (χ1) is 13.2. The van der Waals surface area contributed by atoms with Crippen molar-refractivity contribution in [2.24, 2.45) is 0 Å². The van der Waals surface area contributed by atoms with Crippen LogP contribution in [0.1, 0.15) is 36.4 Å². The quantitative estimate of drug-likeness (QED) is 0.635. The van der Waals surface area contributed by atoms with Gasteiger partial charge in [0, 0.05) is 28.0 Å². The third kappa shape index (κ3) is 5.44. The fourth-order valence-corrected chi connectivity index (χ4v) is 4.07. The van der Waals surface area contributed by atoms with Crippen LogP contribution in [0.3, 0.4) is 0 Å². The zero-order chi connectivity index (χ0) is 19.1. The van der Waals surface area contributed by atoms with Crippen molar-refractivity contribution >= 4 is 22.4 Å². The average Bonchev–Trinajstić information content (AvgIpc) is 2.69. The number of aromatic nitrogens is 3. The first kappa shape index (κ1) is 19.2. The van der Waals surface area contributed by atoms with Crippen LogP contribution >= 0.6 is 0 Å². The predicted octanol–water partition coefficient (Wildman–Crippen LogP) is 4.19. The summed E-state index contributed by atoms with van der Waals surface area (Å²) in [5.74, 6) is 1.56. The minimum absolute atomic E-state index is 0.492. The molecule has 1 unspecified atom stereocenters. The van der Waals surface area contributed by atoms with Crippen molar-refractivity contribution in [3.63, 3.8) is 0 Å². The molecular weight excluding hydrogens is 356 g/mol. The lowest BCUT2D eigenvalue weighted by Gasteiger charge is -2.09. The van der Waals surface area contributed by atoms with Crippen molar-refractivity contribution in [1.82, 2.24) is 15.2 Å². The molecular formula is C21H24N4OS. The van der Waals surface area contributed by atoms with Gasteiger partial charge in [0.25, 0.3) is 0 Å². The third-order valence-electron chi connectivity index (χ3n) is 4.19. The molecule has 140 valence electrons. The first-order valence-electron chi connectivity index (χ1n) is 9.15. The minimum Gasteiger partial charge on any atom is -0.323 e. The van der Waals surface area contributed by atoms with Crippen LogP contribution in [0, 0.1) is 0 Å². The normalized spacial score (nSPS) is 11.9. The van der Waals surface area contributed by atoms with Gasteiger partial charge in [-0.3, -0.25) is 4.21 Å². The van der Waals surface area contributed by atoms with E-state index >= 15 is 0 Å². The molecule has 6 heteroatoms. The van der Waals surface area contributed by atoms with E-state index in [1.54, 1.807) is 0 Å². The number of hydrogen-bond acceptors (Lipinski definition) is 5. The fourth-order valence-electron chi connectivity index (χ4n) is 2.86. The second-order valence-electron chi connectivity index (χ2n) is 6.28. The van der Waals surface area contributed by atoms with Gasteiger partial charge in [0.2, 0.25) is 5.95 Å². The van der Waals surface area contributed by atoms with Crippen LogP contribution in [0.5, 0.6) is 0 Å². The van der Waals surface area contributed by atoms with E-state index in [4.69, 9.17) is 0 Å². The zero-order valence-corrected chi connectivity index (χ0v) is 16.5. The molecule has 0 bridgehead atoms. The summed E-state index contributed by atoms with van der Waals surface area (Å²) in [6, 6.07) is 17.8. The highest BCUT2D eigenvalue weighted by molar-refractivity contribution is 7.83. The van der Waals surface area contributed by atoms with Crippen molar-refractivity contribution < 1.29 is 4.21 Å². The van der Waals surface area contributed by atoms with Crippen molar-refractivity contribution in [2.75, 3.05) is 5.32 Å². The maximum absolute atomic E-state index is 12.5. The van der Waals surface area contributed by atoms with Crippen LogP contribution in [0.4, 0.5) is 11.6 Å². The van der Waals surface area contributed by atoms with Crippen LogP contribution in [0.2, 0.25) is 0 Å². The van der Waals surface area contributed by atoms with Gasteiger partial charge < -0.3 is 5.32 Å². The van der Waals surface area contributed by atoms with E-state index in [0.29, 0.717) is 17.5 Å². The standard InChI is InChI=1S/C21H24N4OS/c1-3-19-20(4-2)24-25-21(23-19)22-18-12-8-11-17(13-18)15-27(26)14-16-9-6-5-7-10-16/h5-13H,3-4,14-15H2,1-2H3,(H,22,23,25). The smallest absolute Gasteiger partial charge is 0.247 e. The molecule has 0 saturated heterocycles. The summed E-state index contributed by atoms with van der Waals surface area (Å²) in [6.45, 7) is 4.12. The summed E-state index contributed by atoms with van der Waals surface area (Å²) in [4.78, 5) is 4.56. The van der Waals surface area contributed by atoms with Gasteiger partial charge >= 0.3 is 0 Å². The SMILES string of the molecule is CCc1nnc(Nc2cccc(CS(=O)Cc3ccccc3)c2)nc1CC. The Morgan fingerprint density at radius 1 is 0.852 bits per heavy atom. The molecule has 0 spiro atoms. The summed E-state index contributed by atoms with van der Waals surface area (Å²) in [7, 11) is -0.958. The van der Waals surface area contributed by atoms with Crippen LogP contribution < -0.4 is 5.32 Å². The Balaban J connectivity index is 1.67. The van der Waals surface area contributed by atoms with E-state index in [0.717, 1.165) is 41.0 Å². The Morgan fingerprint density at radius 2 is 1.56 bits per heavy atom. The van der Waals surface area contributed by atoms with Crippen molar-refractivity contribution in [3.05, 3.63) is 77.1 Å². The molecule has 3 aromatic rings. The van der Waals surface area contributed by atoms with Crippen LogP contribution in [-0.4, -0.2) is 19.4 Å². The Morgan fingerprint density at radius 3 is 2.30 bits per heavy atom. The summed E-state index contributed by atoms with van der Waals surface area (Å²) in [5.41, 5.74) is 4.89. The van der Waals surface area contributed by atoms with Gasteiger partial charge in [-0.15, -0.1) is 10.2 Å². The van der Waals surface area contributed by atoms with E-state index < -0.39 is 10.8 Å². The Labute approximate surface area is 162 Å². The molecule has 5 nitrogen and oxygen atoms in total. The zero-order valence-electron chi connectivity index (χ0n) is 15.7. The second kappa shape index (κ2) is 9.37. The molecule has 0 aliphatic heterocycles. The molecule has 1 N–H and O–H groups in total. The molecule has 0 aliphatic rings. The molecule has 1 aromatic heterocycles. The number of rotatable bonds is 8. The Hall–Kier alpha value is -2.60. The van der Waals surface area contributed by atoms with Gasteiger partial charge in [0.1, 0.15) is 0 Å². The highest BCUT2D eigenvalue weighted by Crippen LogP contribution is 2.17. The van der Waals surface area contributed by atoms with E-state index in [-0.39, 0.29) is 0 Å². The molecule has 0 fully saturated rings. The third-order valence-corrected chi connectivity index (χ3v) is 5.50. The maximum Gasteiger partial charge on any atom is 0.247 e. The lowest BCUT2D eigenvalue weighted by atomic mass is 10.2. The van der Waals surface area contributed by atoms with Gasteiger partial charge in [0.05, 0.1) is 11.4 Å². The first-order valence-corrected chi connectivity index (χ1v) is 10.6. The van der Waals surface area contributed by atoms with E-state index in [2.05, 4.69) is 34.3 Å².